The molecule has 0 N–H and O–H groups in total. The van der Waals surface area contributed by atoms with Gasteiger partial charge in [0, 0.05) is 13.1 Å². The zero-order valence-electron chi connectivity index (χ0n) is 19.2. The Bertz CT molecular complexity index is 761. The van der Waals surface area contributed by atoms with Crippen molar-refractivity contribution in [3.05, 3.63) is 10.8 Å². The van der Waals surface area contributed by atoms with E-state index in [0.29, 0.717) is 5.82 Å². The minimum atomic E-state index is -0.872. The molecule has 30 heavy (non-hydrogen) atoms. The second-order valence-corrected chi connectivity index (χ2v) is 11.0. The molecule has 1 saturated heterocycles. The number of anilines is 2. The topological polar surface area (TPSA) is 84.9 Å². The highest BCUT2D eigenvalue weighted by Gasteiger charge is 2.36. The van der Waals surface area contributed by atoms with Gasteiger partial charge in [-0.2, -0.15) is 4.90 Å². The van der Waals surface area contributed by atoms with Crippen LogP contribution in [0.25, 0.3) is 0 Å². The summed E-state index contributed by atoms with van der Waals surface area (Å²) in [5.74, 6) is 0.640. The van der Waals surface area contributed by atoms with Gasteiger partial charge in [0.05, 0.1) is 6.20 Å². The van der Waals surface area contributed by atoms with Gasteiger partial charge in [-0.05, 0) is 75.7 Å². The van der Waals surface area contributed by atoms with Crippen molar-refractivity contribution in [2.24, 2.45) is 5.41 Å². The van der Waals surface area contributed by atoms with E-state index in [1.165, 1.54) is 0 Å². The van der Waals surface area contributed by atoms with E-state index >= 15 is 0 Å². The first-order valence-electron chi connectivity index (χ1n) is 10.1. The maximum atomic E-state index is 12.9. The van der Waals surface area contributed by atoms with Crippen LogP contribution in [-0.4, -0.2) is 46.4 Å². The van der Waals surface area contributed by atoms with Gasteiger partial charge in [0.15, 0.2) is 5.82 Å². The van der Waals surface area contributed by atoms with Crippen LogP contribution in [0.4, 0.5) is 21.2 Å². The van der Waals surface area contributed by atoms with E-state index in [4.69, 9.17) is 9.47 Å². The summed E-state index contributed by atoms with van der Waals surface area (Å²) < 4.78 is 11.1. The molecule has 0 atom stereocenters. The Morgan fingerprint density at radius 2 is 1.50 bits per heavy atom. The summed E-state index contributed by atoms with van der Waals surface area (Å²) in [6, 6.07) is 0. The fraction of sp³-hybridized carbons (Fsp3) is 0.714. The lowest BCUT2D eigenvalue weighted by atomic mass is 9.83. The Balaban J connectivity index is 2.41. The molecule has 168 valence electrons. The highest BCUT2D eigenvalue weighted by Crippen LogP contribution is 2.33. The molecule has 0 saturated carbocycles. The molecule has 0 aliphatic carbocycles. The summed E-state index contributed by atoms with van der Waals surface area (Å²) in [5.41, 5.74) is -1.32. The molecule has 1 aliphatic heterocycles. The maximum Gasteiger partial charge on any atom is 0.425 e. The van der Waals surface area contributed by atoms with Crippen molar-refractivity contribution in [3.63, 3.8) is 0 Å². The number of aromatic nitrogens is 2. The standard InChI is InChI=1S/C21H33BrN4O4/c1-19(2,3)29-17(27)26(18(28)30-20(4,5)6)16-15(22)23-13-14(24-16)25-11-9-21(7,8)10-12-25/h13H,9-12H2,1-8H3. The van der Waals surface area contributed by atoms with Gasteiger partial charge >= 0.3 is 12.2 Å². The molecule has 0 aromatic carbocycles. The van der Waals surface area contributed by atoms with Crippen LogP contribution < -0.4 is 9.80 Å². The maximum absolute atomic E-state index is 12.9. The third-order valence-electron chi connectivity index (χ3n) is 4.50. The third kappa shape index (κ3) is 6.82. The first-order valence-corrected chi connectivity index (χ1v) is 10.9. The van der Waals surface area contributed by atoms with Gasteiger partial charge in [-0.3, -0.25) is 0 Å². The number of piperidine rings is 1. The molecule has 1 fully saturated rings. The second kappa shape index (κ2) is 8.69. The van der Waals surface area contributed by atoms with Crippen molar-refractivity contribution >= 4 is 39.8 Å². The normalized spacial score (nSPS) is 16.8. The minimum absolute atomic E-state index is 0.0424. The SMILES string of the molecule is CC1(C)CCN(c2cnc(Br)c(N(C(=O)OC(C)(C)C)C(=O)OC(C)(C)C)n2)CC1. The smallest absolute Gasteiger partial charge is 0.425 e. The molecule has 1 aromatic heterocycles. The quantitative estimate of drug-likeness (QED) is 0.544. The van der Waals surface area contributed by atoms with Crippen molar-refractivity contribution in [2.75, 3.05) is 22.9 Å². The summed E-state index contributed by atoms with van der Waals surface area (Å²) in [5, 5.41) is 0. The van der Waals surface area contributed by atoms with Gasteiger partial charge in [0.2, 0.25) is 0 Å². The zero-order chi connectivity index (χ0) is 22.9. The summed E-state index contributed by atoms with van der Waals surface area (Å²) in [7, 11) is 0. The van der Waals surface area contributed by atoms with Crippen molar-refractivity contribution in [1.29, 1.82) is 0 Å². The molecular weight excluding hydrogens is 452 g/mol. The minimum Gasteiger partial charge on any atom is -0.443 e. The molecule has 0 bridgehead atoms. The van der Waals surface area contributed by atoms with Crippen molar-refractivity contribution in [3.8, 4) is 0 Å². The summed E-state index contributed by atoms with van der Waals surface area (Å²) in [4.78, 5) is 37.6. The lowest BCUT2D eigenvalue weighted by Gasteiger charge is -2.37. The number of halogens is 1. The number of hydrogen-bond donors (Lipinski definition) is 0. The van der Waals surface area contributed by atoms with Crippen LogP contribution in [0.15, 0.2) is 10.8 Å². The largest absolute Gasteiger partial charge is 0.443 e. The van der Waals surface area contributed by atoms with E-state index in [1.807, 2.05) is 0 Å². The Hall–Kier alpha value is -1.90. The molecule has 8 nitrogen and oxygen atoms in total. The lowest BCUT2D eigenvalue weighted by Crippen LogP contribution is -2.45. The monoisotopic (exact) mass is 484 g/mol. The van der Waals surface area contributed by atoms with Gasteiger partial charge in [-0.15, -0.1) is 0 Å². The molecule has 2 rings (SSSR count). The predicted molar refractivity (Wildman–Crippen MR) is 120 cm³/mol. The third-order valence-corrected chi connectivity index (χ3v) is 5.06. The molecule has 9 heteroatoms. The first kappa shape index (κ1) is 24.4. The number of nitrogens with zero attached hydrogens (tertiary/aromatic N) is 4. The molecular formula is C21H33BrN4O4. The Labute approximate surface area is 187 Å². The summed E-state index contributed by atoms with van der Waals surface area (Å²) >= 11 is 3.32. The van der Waals surface area contributed by atoms with Gasteiger partial charge in [0.1, 0.15) is 21.6 Å². The highest BCUT2D eigenvalue weighted by atomic mass is 79.9. The molecule has 2 amide bonds. The van der Waals surface area contributed by atoms with Crippen LogP contribution in [0.2, 0.25) is 0 Å². The van der Waals surface area contributed by atoms with Gasteiger partial charge in [0.25, 0.3) is 0 Å². The van der Waals surface area contributed by atoms with Crippen LogP contribution >= 0.6 is 15.9 Å². The van der Waals surface area contributed by atoms with E-state index in [-0.39, 0.29) is 15.8 Å². The average molecular weight is 485 g/mol. The lowest BCUT2D eigenvalue weighted by molar-refractivity contribution is 0.0428. The molecule has 0 radical (unpaired) electrons. The highest BCUT2D eigenvalue weighted by molar-refractivity contribution is 9.10. The molecule has 1 aromatic rings. The number of imide groups is 1. The number of ether oxygens (including phenoxy) is 2. The van der Waals surface area contributed by atoms with Crippen LogP contribution in [0.3, 0.4) is 0 Å². The molecule has 1 aliphatic rings. The zero-order valence-corrected chi connectivity index (χ0v) is 20.8. The fourth-order valence-electron chi connectivity index (χ4n) is 2.85. The second-order valence-electron chi connectivity index (χ2n) is 10.3. The van der Waals surface area contributed by atoms with Crippen LogP contribution in [0.1, 0.15) is 68.2 Å². The van der Waals surface area contributed by atoms with Crippen LogP contribution in [0.5, 0.6) is 0 Å². The Morgan fingerprint density at radius 1 is 1.03 bits per heavy atom. The van der Waals surface area contributed by atoms with Crippen molar-refractivity contribution in [2.45, 2.75) is 79.4 Å². The van der Waals surface area contributed by atoms with Crippen molar-refractivity contribution < 1.29 is 19.1 Å². The van der Waals surface area contributed by atoms with E-state index in [0.717, 1.165) is 30.8 Å². The van der Waals surface area contributed by atoms with Gasteiger partial charge in [-0.25, -0.2) is 19.6 Å². The predicted octanol–water partition coefficient (Wildman–Crippen LogP) is 5.54. The summed E-state index contributed by atoms with van der Waals surface area (Å²) in [6.07, 6.45) is 1.92. The fourth-order valence-corrected chi connectivity index (χ4v) is 3.22. The summed E-state index contributed by atoms with van der Waals surface area (Å²) in [6.45, 7) is 16.5. The van der Waals surface area contributed by atoms with Gasteiger partial charge < -0.3 is 14.4 Å². The molecule has 0 unspecified atom stereocenters. The number of carbonyl (C=O) groups is 2. The Kier molecular flexibility index (Phi) is 7.06. The van der Waals surface area contributed by atoms with Gasteiger partial charge in [-0.1, -0.05) is 13.8 Å². The molecule has 0 spiro atoms. The van der Waals surface area contributed by atoms with E-state index < -0.39 is 23.4 Å². The van der Waals surface area contributed by atoms with E-state index in [2.05, 4.69) is 44.6 Å². The van der Waals surface area contributed by atoms with E-state index in [9.17, 15) is 9.59 Å². The molecule has 2 heterocycles. The van der Waals surface area contributed by atoms with Crippen LogP contribution in [-0.2, 0) is 9.47 Å². The Morgan fingerprint density at radius 3 is 1.93 bits per heavy atom. The van der Waals surface area contributed by atoms with Crippen LogP contribution in [0, 0.1) is 5.41 Å². The average Bonchev–Trinajstić information content (AvgIpc) is 2.53. The number of rotatable bonds is 2. The number of amides is 2. The van der Waals surface area contributed by atoms with E-state index in [1.54, 1.807) is 47.7 Å². The van der Waals surface area contributed by atoms with Crippen molar-refractivity contribution in [1.82, 2.24) is 9.97 Å². The number of hydrogen-bond acceptors (Lipinski definition) is 7. The number of carbonyl (C=O) groups excluding carboxylic acids is 2. The first-order chi connectivity index (χ1) is 13.6.